The van der Waals surface area contributed by atoms with Crippen LogP contribution in [-0.4, -0.2) is 48.6 Å². The third kappa shape index (κ3) is 3.43. The number of alkyl halides is 1. The summed E-state index contributed by atoms with van der Waals surface area (Å²) in [5.41, 5.74) is 0. The van der Waals surface area contributed by atoms with Crippen LogP contribution in [-0.2, 0) is 10.2 Å². The third-order valence-electron chi connectivity index (χ3n) is 4.37. The molecule has 0 aromatic carbocycles. The Bertz CT molecular complexity index is 382. The van der Waals surface area contributed by atoms with Crippen LogP contribution >= 0.6 is 11.6 Å². The first-order valence-corrected chi connectivity index (χ1v) is 9.35. The molecule has 0 amide bonds. The molecule has 2 fully saturated rings. The molecule has 19 heavy (non-hydrogen) atoms. The van der Waals surface area contributed by atoms with Gasteiger partial charge in [-0.25, -0.2) is 0 Å². The molecule has 112 valence electrons. The van der Waals surface area contributed by atoms with Gasteiger partial charge in [-0.15, -0.1) is 11.6 Å². The molecule has 1 heterocycles. The molecule has 1 atom stereocenters. The minimum absolute atomic E-state index is 0.214. The highest BCUT2D eigenvalue weighted by Gasteiger charge is 2.37. The Kier molecular flexibility index (Phi) is 5.52. The summed E-state index contributed by atoms with van der Waals surface area (Å²) in [5, 5.41) is 0. The van der Waals surface area contributed by atoms with Crippen molar-refractivity contribution in [2.75, 3.05) is 25.5 Å². The topological polar surface area (TPSA) is 40.6 Å². The molecule has 1 unspecified atom stereocenters. The zero-order valence-corrected chi connectivity index (χ0v) is 13.3. The molecular formula is C13H25ClN2O2S. The second-order valence-corrected chi connectivity index (χ2v) is 7.86. The predicted octanol–water partition coefficient (Wildman–Crippen LogP) is 2.45. The summed E-state index contributed by atoms with van der Waals surface area (Å²) in [5.74, 6) is 0.870. The van der Waals surface area contributed by atoms with Crippen LogP contribution in [0.15, 0.2) is 0 Å². The second-order valence-electron chi connectivity index (χ2n) is 5.67. The van der Waals surface area contributed by atoms with Gasteiger partial charge in [0.15, 0.2) is 0 Å². The molecule has 1 aliphatic carbocycles. The summed E-state index contributed by atoms with van der Waals surface area (Å²) in [4.78, 5) is 0. The summed E-state index contributed by atoms with van der Waals surface area (Å²) in [7, 11) is -3.29. The lowest BCUT2D eigenvalue weighted by Crippen LogP contribution is -2.51. The van der Waals surface area contributed by atoms with Crippen LogP contribution in [0.3, 0.4) is 0 Å². The van der Waals surface area contributed by atoms with Crippen molar-refractivity contribution in [3.63, 3.8) is 0 Å². The van der Waals surface area contributed by atoms with Crippen molar-refractivity contribution >= 4 is 21.8 Å². The Labute approximate surface area is 122 Å². The average molecular weight is 309 g/mol. The summed E-state index contributed by atoms with van der Waals surface area (Å²) >= 11 is 5.90. The monoisotopic (exact) mass is 308 g/mol. The fourth-order valence-electron chi connectivity index (χ4n) is 3.31. The van der Waals surface area contributed by atoms with E-state index in [0.717, 1.165) is 38.5 Å². The van der Waals surface area contributed by atoms with Crippen molar-refractivity contribution in [2.45, 2.75) is 51.5 Å². The molecule has 0 N–H and O–H groups in total. The molecule has 2 aliphatic rings. The highest BCUT2D eigenvalue weighted by Crippen LogP contribution is 2.29. The lowest BCUT2D eigenvalue weighted by Gasteiger charge is -2.36. The van der Waals surface area contributed by atoms with E-state index in [4.69, 9.17) is 11.6 Å². The maximum atomic E-state index is 12.8. The van der Waals surface area contributed by atoms with Gasteiger partial charge in [-0.3, -0.25) is 0 Å². The number of rotatable bonds is 5. The fourth-order valence-corrected chi connectivity index (χ4v) is 5.53. The smallest absolute Gasteiger partial charge is 0.195 e. The molecule has 0 bridgehead atoms. The van der Waals surface area contributed by atoms with E-state index in [-0.39, 0.29) is 6.04 Å². The Morgan fingerprint density at radius 1 is 1.21 bits per heavy atom. The highest BCUT2D eigenvalue weighted by molar-refractivity contribution is 7.86. The normalized spacial score (nSPS) is 27.2. The number of halogens is 1. The van der Waals surface area contributed by atoms with Crippen molar-refractivity contribution in [3.05, 3.63) is 0 Å². The minimum atomic E-state index is -3.29. The van der Waals surface area contributed by atoms with Gasteiger partial charge < -0.3 is 0 Å². The Hall–Kier alpha value is 0.160. The summed E-state index contributed by atoms with van der Waals surface area (Å²) in [6.45, 7) is 3.77. The SMILES string of the molecule is CCN(C1CCCC1)S(=O)(=O)N1CCCC(CCl)C1. The molecular weight excluding hydrogens is 284 g/mol. The van der Waals surface area contributed by atoms with Crippen LogP contribution in [0.4, 0.5) is 0 Å². The van der Waals surface area contributed by atoms with Gasteiger partial charge in [-0.05, 0) is 31.6 Å². The van der Waals surface area contributed by atoms with Gasteiger partial charge in [-0.1, -0.05) is 19.8 Å². The number of piperidine rings is 1. The largest absolute Gasteiger partial charge is 0.282 e. The van der Waals surface area contributed by atoms with Gasteiger partial charge in [0, 0.05) is 31.6 Å². The van der Waals surface area contributed by atoms with Crippen LogP contribution in [0.1, 0.15) is 45.4 Å². The van der Waals surface area contributed by atoms with Gasteiger partial charge >= 0.3 is 0 Å². The quantitative estimate of drug-likeness (QED) is 0.732. The molecule has 0 aromatic rings. The van der Waals surface area contributed by atoms with Crippen LogP contribution < -0.4 is 0 Å². The number of hydrogen-bond acceptors (Lipinski definition) is 2. The van der Waals surface area contributed by atoms with E-state index in [1.54, 1.807) is 8.61 Å². The first-order valence-electron chi connectivity index (χ1n) is 7.42. The summed E-state index contributed by atoms with van der Waals surface area (Å²) < 4.78 is 28.9. The van der Waals surface area contributed by atoms with E-state index in [9.17, 15) is 8.42 Å². The van der Waals surface area contributed by atoms with Gasteiger partial charge in [0.1, 0.15) is 0 Å². The van der Waals surface area contributed by atoms with Gasteiger partial charge in [-0.2, -0.15) is 17.0 Å². The number of nitrogens with zero attached hydrogens (tertiary/aromatic N) is 2. The molecule has 1 saturated heterocycles. The molecule has 1 saturated carbocycles. The summed E-state index contributed by atoms with van der Waals surface area (Å²) in [6, 6.07) is 0.214. The van der Waals surface area contributed by atoms with Crippen molar-refractivity contribution < 1.29 is 8.42 Å². The standard InChI is InChI=1S/C13H25ClN2O2S/c1-2-16(13-7-3-4-8-13)19(17,18)15-9-5-6-12(10-14)11-15/h12-13H,2-11H2,1H3. The zero-order valence-electron chi connectivity index (χ0n) is 11.7. The van der Waals surface area contributed by atoms with Crippen molar-refractivity contribution in [3.8, 4) is 0 Å². The fraction of sp³-hybridized carbons (Fsp3) is 1.00. The van der Waals surface area contributed by atoms with Gasteiger partial charge in [0.05, 0.1) is 0 Å². The van der Waals surface area contributed by atoms with Crippen LogP contribution in [0.25, 0.3) is 0 Å². The molecule has 0 radical (unpaired) electrons. The van der Waals surface area contributed by atoms with E-state index in [1.807, 2.05) is 6.92 Å². The van der Waals surface area contributed by atoms with E-state index in [1.165, 1.54) is 0 Å². The maximum Gasteiger partial charge on any atom is 0.282 e. The van der Waals surface area contributed by atoms with Crippen molar-refractivity contribution in [1.29, 1.82) is 0 Å². The first-order chi connectivity index (χ1) is 9.09. The van der Waals surface area contributed by atoms with Crippen molar-refractivity contribution in [2.24, 2.45) is 5.92 Å². The first kappa shape index (κ1) is 15.5. The molecule has 6 heteroatoms. The lowest BCUT2D eigenvalue weighted by atomic mass is 10.0. The Balaban J connectivity index is 2.10. The zero-order chi connectivity index (χ0) is 13.9. The molecule has 2 rings (SSSR count). The molecule has 0 aromatic heterocycles. The molecule has 4 nitrogen and oxygen atoms in total. The highest BCUT2D eigenvalue weighted by atomic mass is 35.5. The van der Waals surface area contributed by atoms with Crippen molar-refractivity contribution in [1.82, 2.24) is 8.61 Å². The van der Waals surface area contributed by atoms with E-state index in [2.05, 4.69) is 0 Å². The Morgan fingerprint density at radius 2 is 1.89 bits per heavy atom. The van der Waals surface area contributed by atoms with E-state index < -0.39 is 10.2 Å². The second kappa shape index (κ2) is 6.74. The molecule has 1 aliphatic heterocycles. The maximum absolute atomic E-state index is 12.8. The van der Waals surface area contributed by atoms with Gasteiger partial charge in [0.2, 0.25) is 0 Å². The van der Waals surface area contributed by atoms with E-state index >= 15 is 0 Å². The Morgan fingerprint density at radius 3 is 2.47 bits per heavy atom. The number of hydrogen-bond donors (Lipinski definition) is 0. The van der Waals surface area contributed by atoms with Gasteiger partial charge in [0.25, 0.3) is 10.2 Å². The van der Waals surface area contributed by atoms with E-state index in [0.29, 0.717) is 31.4 Å². The minimum Gasteiger partial charge on any atom is -0.195 e. The van der Waals surface area contributed by atoms with Crippen LogP contribution in [0.2, 0.25) is 0 Å². The van der Waals surface area contributed by atoms with Crippen LogP contribution in [0.5, 0.6) is 0 Å². The lowest BCUT2D eigenvalue weighted by molar-refractivity contribution is 0.243. The van der Waals surface area contributed by atoms with Crippen LogP contribution in [0, 0.1) is 5.92 Å². The predicted molar refractivity (Wildman–Crippen MR) is 78.6 cm³/mol. The average Bonchev–Trinajstić information content (AvgIpc) is 2.93. The third-order valence-corrected chi connectivity index (χ3v) is 6.94. The summed E-state index contributed by atoms with van der Waals surface area (Å²) in [6.07, 6.45) is 6.31. The molecule has 0 spiro atoms.